The molecule has 2 N–H and O–H groups in total. The van der Waals surface area contributed by atoms with E-state index in [2.05, 4.69) is 5.32 Å². The van der Waals surface area contributed by atoms with Gasteiger partial charge in [-0.15, -0.1) is 0 Å². The summed E-state index contributed by atoms with van der Waals surface area (Å²) in [5, 5.41) is 10.7. The minimum atomic E-state index is -1.09. The summed E-state index contributed by atoms with van der Waals surface area (Å²) in [5.74, 6) is -0.328. The predicted octanol–water partition coefficient (Wildman–Crippen LogP) is 2.15. The summed E-state index contributed by atoms with van der Waals surface area (Å²) in [5.41, 5.74) is 0.740. The Balaban J connectivity index is 2.71. The van der Waals surface area contributed by atoms with Crippen molar-refractivity contribution in [2.75, 3.05) is 0 Å². The molecule has 1 aromatic rings. The van der Waals surface area contributed by atoms with Gasteiger partial charge in [0.25, 0.3) is 0 Å². The normalized spacial score (nSPS) is 12.2. The molecule has 70 valence electrons. The SMILES string of the molecule is CC(NC(=O)O)c1ccc(F)cc1. The van der Waals surface area contributed by atoms with Gasteiger partial charge in [-0.05, 0) is 24.6 Å². The van der Waals surface area contributed by atoms with Crippen LogP contribution in [-0.4, -0.2) is 11.2 Å². The lowest BCUT2D eigenvalue weighted by Crippen LogP contribution is -2.24. The molecule has 4 heteroatoms. The minimum Gasteiger partial charge on any atom is -0.465 e. The van der Waals surface area contributed by atoms with Crippen LogP contribution in [0.1, 0.15) is 18.5 Å². The number of amides is 1. The monoisotopic (exact) mass is 183 g/mol. The highest BCUT2D eigenvalue weighted by atomic mass is 19.1. The molecule has 0 bridgehead atoms. The van der Waals surface area contributed by atoms with E-state index in [4.69, 9.17) is 5.11 Å². The summed E-state index contributed by atoms with van der Waals surface area (Å²) in [6, 6.07) is 5.38. The zero-order valence-electron chi connectivity index (χ0n) is 7.12. The lowest BCUT2D eigenvalue weighted by Gasteiger charge is -2.10. The van der Waals surface area contributed by atoms with E-state index >= 15 is 0 Å². The Morgan fingerprint density at radius 2 is 2.00 bits per heavy atom. The van der Waals surface area contributed by atoms with Gasteiger partial charge in [-0.2, -0.15) is 0 Å². The molecular formula is C9H10FNO2. The Bertz CT molecular complexity index is 297. The van der Waals surface area contributed by atoms with Crippen LogP contribution < -0.4 is 5.32 Å². The molecule has 1 aromatic carbocycles. The molecule has 0 fully saturated rings. The number of carbonyl (C=O) groups is 1. The van der Waals surface area contributed by atoms with Crippen LogP contribution in [-0.2, 0) is 0 Å². The molecule has 0 saturated carbocycles. The standard InChI is InChI=1S/C9H10FNO2/c1-6(11-9(12)13)7-2-4-8(10)5-3-7/h2-6,11H,1H3,(H,12,13). The van der Waals surface area contributed by atoms with E-state index in [0.717, 1.165) is 5.56 Å². The molecule has 0 radical (unpaired) electrons. The summed E-state index contributed by atoms with van der Waals surface area (Å²) < 4.78 is 12.5. The second-order valence-corrected chi connectivity index (χ2v) is 2.72. The first-order valence-electron chi connectivity index (χ1n) is 3.84. The number of nitrogens with one attached hydrogen (secondary N) is 1. The first-order chi connectivity index (χ1) is 6.09. The first-order valence-corrected chi connectivity index (χ1v) is 3.84. The highest BCUT2D eigenvalue weighted by molar-refractivity contribution is 5.65. The van der Waals surface area contributed by atoms with Gasteiger partial charge >= 0.3 is 6.09 Å². The molecule has 0 aromatic heterocycles. The Morgan fingerprint density at radius 1 is 1.46 bits per heavy atom. The molecule has 1 amide bonds. The maximum Gasteiger partial charge on any atom is 0.405 e. The number of hydrogen-bond donors (Lipinski definition) is 2. The zero-order chi connectivity index (χ0) is 9.84. The number of halogens is 1. The number of carboxylic acid groups (broad SMARTS) is 1. The van der Waals surface area contributed by atoms with Gasteiger partial charge in [-0.1, -0.05) is 12.1 Å². The fourth-order valence-electron chi connectivity index (χ4n) is 1.02. The van der Waals surface area contributed by atoms with Crippen molar-refractivity contribution in [1.29, 1.82) is 0 Å². The molecule has 0 aliphatic heterocycles. The van der Waals surface area contributed by atoms with Gasteiger partial charge in [-0.25, -0.2) is 9.18 Å². The van der Waals surface area contributed by atoms with Gasteiger partial charge in [0.1, 0.15) is 5.82 Å². The predicted molar refractivity (Wildman–Crippen MR) is 46.0 cm³/mol. The van der Waals surface area contributed by atoms with Crippen LogP contribution in [0.2, 0.25) is 0 Å². The summed E-state index contributed by atoms with van der Waals surface area (Å²) in [4.78, 5) is 10.3. The highest BCUT2D eigenvalue weighted by Crippen LogP contribution is 2.12. The van der Waals surface area contributed by atoms with E-state index in [1.165, 1.54) is 12.1 Å². The molecule has 0 heterocycles. The van der Waals surface area contributed by atoms with Crippen LogP contribution in [0.15, 0.2) is 24.3 Å². The molecule has 0 spiro atoms. The quantitative estimate of drug-likeness (QED) is 0.738. The Labute approximate surface area is 75.2 Å². The lowest BCUT2D eigenvalue weighted by molar-refractivity contribution is 0.191. The topological polar surface area (TPSA) is 49.3 Å². The summed E-state index contributed by atoms with van der Waals surface area (Å²) >= 11 is 0. The van der Waals surface area contributed by atoms with Crippen molar-refractivity contribution in [1.82, 2.24) is 5.32 Å². The molecule has 1 rings (SSSR count). The Morgan fingerprint density at radius 3 is 2.46 bits per heavy atom. The largest absolute Gasteiger partial charge is 0.465 e. The van der Waals surface area contributed by atoms with Crippen molar-refractivity contribution in [2.24, 2.45) is 0 Å². The fraction of sp³-hybridized carbons (Fsp3) is 0.222. The minimum absolute atomic E-state index is 0.321. The number of rotatable bonds is 2. The number of hydrogen-bond acceptors (Lipinski definition) is 1. The van der Waals surface area contributed by atoms with Crippen molar-refractivity contribution in [2.45, 2.75) is 13.0 Å². The lowest BCUT2D eigenvalue weighted by atomic mass is 10.1. The van der Waals surface area contributed by atoms with E-state index in [0.29, 0.717) is 0 Å². The second kappa shape index (κ2) is 3.89. The van der Waals surface area contributed by atoms with E-state index in [9.17, 15) is 9.18 Å². The van der Waals surface area contributed by atoms with Crippen LogP contribution in [0, 0.1) is 5.82 Å². The maximum atomic E-state index is 12.5. The van der Waals surface area contributed by atoms with E-state index in [-0.39, 0.29) is 11.9 Å². The van der Waals surface area contributed by atoms with Gasteiger partial charge in [0.15, 0.2) is 0 Å². The van der Waals surface area contributed by atoms with Crippen LogP contribution >= 0.6 is 0 Å². The van der Waals surface area contributed by atoms with Crippen molar-refractivity contribution in [3.05, 3.63) is 35.6 Å². The van der Waals surface area contributed by atoms with E-state index in [1.54, 1.807) is 19.1 Å². The average molecular weight is 183 g/mol. The van der Waals surface area contributed by atoms with Crippen LogP contribution in [0.25, 0.3) is 0 Å². The smallest absolute Gasteiger partial charge is 0.405 e. The van der Waals surface area contributed by atoms with Gasteiger partial charge in [0, 0.05) is 0 Å². The van der Waals surface area contributed by atoms with Crippen LogP contribution in [0.4, 0.5) is 9.18 Å². The van der Waals surface area contributed by atoms with Crippen molar-refractivity contribution >= 4 is 6.09 Å². The van der Waals surface area contributed by atoms with Gasteiger partial charge < -0.3 is 10.4 Å². The molecular weight excluding hydrogens is 173 g/mol. The molecule has 1 atom stereocenters. The molecule has 3 nitrogen and oxygen atoms in total. The molecule has 0 aliphatic carbocycles. The van der Waals surface area contributed by atoms with Gasteiger partial charge in [0.05, 0.1) is 6.04 Å². The zero-order valence-corrected chi connectivity index (χ0v) is 7.12. The number of benzene rings is 1. The first kappa shape index (κ1) is 9.51. The molecule has 1 unspecified atom stereocenters. The molecule has 0 saturated heterocycles. The third kappa shape index (κ3) is 2.74. The average Bonchev–Trinajstić information content (AvgIpc) is 2.04. The van der Waals surface area contributed by atoms with Crippen molar-refractivity contribution in [3.63, 3.8) is 0 Å². The molecule has 13 heavy (non-hydrogen) atoms. The maximum absolute atomic E-state index is 12.5. The van der Waals surface area contributed by atoms with Crippen LogP contribution in [0.5, 0.6) is 0 Å². The highest BCUT2D eigenvalue weighted by Gasteiger charge is 2.06. The van der Waals surface area contributed by atoms with Gasteiger partial charge in [0.2, 0.25) is 0 Å². The Kier molecular flexibility index (Phi) is 2.84. The van der Waals surface area contributed by atoms with E-state index in [1.807, 2.05) is 0 Å². The van der Waals surface area contributed by atoms with Crippen molar-refractivity contribution < 1.29 is 14.3 Å². The van der Waals surface area contributed by atoms with Crippen molar-refractivity contribution in [3.8, 4) is 0 Å². The summed E-state index contributed by atoms with van der Waals surface area (Å²) in [7, 11) is 0. The second-order valence-electron chi connectivity index (χ2n) is 2.72. The van der Waals surface area contributed by atoms with E-state index < -0.39 is 6.09 Å². The summed E-state index contributed by atoms with van der Waals surface area (Å²) in [6.07, 6.45) is -1.09. The summed E-state index contributed by atoms with van der Waals surface area (Å²) in [6.45, 7) is 1.70. The third-order valence-electron chi connectivity index (χ3n) is 1.71. The third-order valence-corrected chi connectivity index (χ3v) is 1.71. The fourth-order valence-corrected chi connectivity index (χ4v) is 1.02. The van der Waals surface area contributed by atoms with Crippen LogP contribution in [0.3, 0.4) is 0 Å². The molecule has 0 aliphatic rings. The van der Waals surface area contributed by atoms with Gasteiger partial charge in [-0.3, -0.25) is 0 Å². The Hall–Kier alpha value is -1.58.